The zero-order valence-corrected chi connectivity index (χ0v) is 18.6. The van der Waals surface area contributed by atoms with Crippen LogP contribution in [0.25, 0.3) is 0 Å². The SMILES string of the molecule is C[C@H]1C[C@@]2(CCN1Cc1cnn(Cc3ccc(F)cc3)c1)OCCc1cc(Cl)sc12. The Labute approximate surface area is 185 Å². The second-order valence-electron chi connectivity index (χ2n) is 8.44. The first-order valence-electron chi connectivity index (χ1n) is 10.4. The standard InChI is InChI=1S/C23H25ClFN3OS/c1-16-11-23(22-19(6-9-29-23)10-21(24)30-22)7-8-27(16)13-18-12-26-28(15-18)14-17-2-4-20(25)5-3-17/h2-5,10,12,15-16H,6-9,11,13-14H2,1H3/t16-,23+/m0/s1. The third-order valence-corrected chi connectivity index (χ3v) is 7.82. The van der Waals surface area contributed by atoms with E-state index in [9.17, 15) is 4.39 Å². The molecule has 0 aliphatic carbocycles. The predicted octanol–water partition coefficient (Wildman–Crippen LogP) is 5.24. The van der Waals surface area contributed by atoms with Crippen molar-refractivity contribution < 1.29 is 9.13 Å². The summed E-state index contributed by atoms with van der Waals surface area (Å²) in [5, 5.41) is 4.50. The summed E-state index contributed by atoms with van der Waals surface area (Å²) in [5.74, 6) is -0.212. The lowest BCUT2D eigenvalue weighted by Gasteiger charge is -2.47. The molecule has 30 heavy (non-hydrogen) atoms. The third-order valence-electron chi connectivity index (χ3n) is 6.32. The topological polar surface area (TPSA) is 30.3 Å². The molecule has 2 aliphatic rings. The number of rotatable bonds is 4. The maximum atomic E-state index is 13.1. The van der Waals surface area contributed by atoms with Gasteiger partial charge in [0.05, 0.1) is 23.7 Å². The van der Waals surface area contributed by atoms with Gasteiger partial charge in [0.2, 0.25) is 0 Å². The maximum Gasteiger partial charge on any atom is 0.123 e. The summed E-state index contributed by atoms with van der Waals surface area (Å²) in [6.45, 7) is 5.58. The summed E-state index contributed by atoms with van der Waals surface area (Å²) in [5.41, 5.74) is 3.44. The van der Waals surface area contributed by atoms with Crippen LogP contribution in [0.2, 0.25) is 4.34 Å². The van der Waals surface area contributed by atoms with E-state index in [2.05, 4.69) is 29.2 Å². The van der Waals surface area contributed by atoms with E-state index < -0.39 is 0 Å². The highest BCUT2D eigenvalue weighted by Crippen LogP contribution is 2.48. The van der Waals surface area contributed by atoms with E-state index in [1.165, 1.54) is 28.1 Å². The minimum absolute atomic E-state index is 0.173. The Kier molecular flexibility index (Phi) is 5.44. The molecular weight excluding hydrogens is 421 g/mol. The highest BCUT2D eigenvalue weighted by Gasteiger charge is 2.44. The Balaban J connectivity index is 1.25. The molecule has 2 aliphatic heterocycles. The van der Waals surface area contributed by atoms with Crippen LogP contribution in [0.4, 0.5) is 4.39 Å². The molecule has 1 saturated heterocycles. The van der Waals surface area contributed by atoms with Gasteiger partial charge in [0, 0.05) is 35.8 Å². The molecule has 2 aromatic heterocycles. The number of nitrogens with zero attached hydrogens (tertiary/aromatic N) is 3. The fraction of sp³-hybridized carbons (Fsp3) is 0.435. The largest absolute Gasteiger partial charge is 0.369 e. The monoisotopic (exact) mass is 445 g/mol. The van der Waals surface area contributed by atoms with Crippen LogP contribution in [0, 0.1) is 5.82 Å². The van der Waals surface area contributed by atoms with E-state index in [-0.39, 0.29) is 11.4 Å². The molecule has 1 spiro atoms. The Bertz CT molecular complexity index is 1030. The van der Waals surface area contributed by atoms with E-state index in [1.54, 1.807) is 23.5 Å². The molecule has 0 bridgehead atoms. The van der Waals surface area contributed by atoms with Crippen molar-refractivity contribution in [3.8, 4) is 0 Å². The molecule has 1 fully saturated rings. The van der Waals surface area contributed by atoms with E-state index in [0.29, 0.717) is 12.6 Å². The van der Waals surface area contributed by atoms with Crippen LogP contribution in [0.3, 0.4) is 0 Å². The maximum absolute atomic E-state index is 13.1. The van der Waals surface area contributed by atoms with Gasteiger partial charge >= 0.3 is 0 Å². The number of fused-ring (bicyclic) bond motifs is 2. The van der Waals surface area contributed by atoms with Crippen molar-refractivity contribution in [3.05, 3.63) is 74.4 Å². The molecule has 3 aromatic rings. The van der Waals surface area contributed by atoms with Crippen molar-refractivity contribution in [1.29, 1.82) is 0 Å². The summed E-state index contributed by atoms with van der Waals surface area (Å²) in [6.07, 6.45) is 6.97. The summed E-state index contributed by atoms with van der Waals surface area (Å²) in [6, 6.07) is 9.12. The molecule has 0 saturated carbocycles. The van der Waals surface area contributed by atoms with Crippen molar-refractivity contribution in [2.75, 3.05) is 13.2 Å². The molecule has 158 valence electrons. The lowest BCUT2D eigenvalue weighted by Crippen LogP contribution is -2.49. The summed E-state index contributed by atoms with van der Waals surface area (Å²) in [7, 11) is 0. The van der Waals surface area contributed by atoms with E-state index in [0.717, 1.165) is 48.9 Å². The third kappa shape index (κ3) is 3.94. The highest BCUT2D eigenvalue weighted by atomic mass is 35.5. The number of hydrogen-bond acceptors (Lipinski definition) is 4. The van der Waals surface area contributed by atoms with Gasteiger partial charge in [-0.1, -0.05) is 23.7 Å². The first kappa shape index (κ1) is 20.2. The number of likely N-dealkylation sites (tertiary alicyclic amines) is 1. The predicted molar refractivity (Wildman–Crippen MR) is 117 cm³/mol. The Morgan fingerprint density at radius 3 is 2.90 bits per heavy atom. The number of halogens is 2. The molecule has 1 aromatic carbocycles. The minimum atomic E-state index is -0.212. The number of thiophene rings is 1. The van der Waals surface area contributed by atoms with Gasteiger partial charge in [-0.25, -0.2) is 4.39 Å². The number of piperidine rings is 1. The van der Waals surface area contributed by atoms with Crippen LogP contribution in [-0.4, -0.2) is 33.9 Å². The molecule has 0 amide bonds. The molecule has 5 rings (SSSR count). The Morgan fingerprint density at radius 1 is 1.27 bits per heavy atom. The Morgan fingerprint density at radius 2 is 2.10 bits per heavy atom. The van der Waals surface area contributed by atoms with E-state index in [4.69, 9.17) is 16.3 Å². The molecule has 0 radical (unpaired) electrons. The summed E-state index contributed by atoms with van der Waals surface area (Å²) in [4.78, 5) is 3.86. The van der Waals surface area contributed by atoms with Crippen molar-refractivity contribution in [2.45, 2.75) is 50.9 Å². The van der Waals surface area contributed by atoms with Crippen molar-refractivity contribution in [2.24, 2.45) is 0 Å². The lowest BCUT2D eigenvalue weighted by atomic mass is 9.82. The lowest BCUT2D eigenvalue weighted by molar-refractivity contribution is -0.110. The van der Waals surface area contributed by atoms with Gasteiger partial charge in [0.1, 0.15) is 11.4 Å². The van der Waals surface area contributed by atoms with Crippen LogP contribution >= 0.6 is 22.9 Å². The van der Waals surface area contributed by atoms with Gasteiger partial charge in [-0.05, 0) is 55.5 Å². The van der Waals surface area contributed by atoms with Gasteiger partial charge in [-0.3, -0.25) is 9.58 Å². The van der Waals surface area contributed by atoms with Gasteiger partial charge in [0.15, 0.2) is 0 Å². The van der Waals surface area contributed by atoms with Crippen LogP contribution in [0.1, 0.15) is 41.3 Å². The van der Waals surface area contributed by atoms with Gasteiger partial charge in [0.25, 0.3) is 0 Å². The highest BCUT2D eigenvalue weighted by molar-refractivity contribution is 7.16. The fourth-order valence-corrected chi connectivity index (χ4v) is 6.28. The van der Waals surface area contributed by atoms with E-state index in [1.807, 2.05) is 10.9 Å². The molecule has 4 nitrogen and oxygen atoms in total. The zero-order valence-electron chi connectivity index (χ0n) is 17.0. The van der Waals surface area contributed by atoms with Crippen LogP contribution in [0.5, 0.6) is 0 Å². The smallest absolute Gasteiger partial charge is 0.123 e. The second-order valence-corrected chi connectivity index (χ2v) is 10.1. The normalized spacial score (nSPS) is 24.3. The second kappa shape index (κ2) is 8.08. The number of benzene rings is 1. The molecule has 2 atom stereocenters. The van der Waals surface area contributed by atoms with Gasteiger partial charge < -0.3 is 4.74 Å². The minimum Gasteiger partial charge on any atom is -0.369 e. The van der Waals surface area contributed by atoms with Crippen LogP contribution in [-0.2, 0) is 29.8 Å². The summed E-state index contributed by atoms with van der Waals surface area (Å²) < 4.78 is 22.3. The van der Waals surface area contributed by atoms with Gasteiger partial charge in [-0.2, -0.15) is 5.10 Å². The van der Waals surface area contributed by atoms with Crippen molar-refractivity contribution in [3.63, 3.8) is 0 Å². The zero-order chi connectivity index (χ0) is 20.7. The molecule has 0 unspecified atom stereocenters. The van der Waals surface area contributed by atoms with Crippen LogP contribution < -0.4 is 0 Å². The Hall–Kier alpha value is -1.73. The quantitative estimate of drug-likeness (QED) is 0.550. The van der Waals surface area contributed by atoms with E-state index >= 15 is 0 Å². The van der Waals surface area contributed by atoms with Crippen molar-refractivity contribution in [1.82, 2.24) is 14.7 Å². The number of ether oxygens (including phenoxy) is 1. The summed E-state index contributed by atoms with van der Waals surface area (Å²) >= 11 is 8.01. The first-order chi connectivity index (χ1) is 14.5. The average Bonchev–Trinajstić information content (AvgIpc) is 3.32. The van der Waals surface area contributed by atoms with Crippen LogP contribution in [0.15, 0.2) is 42.7 Å². The molecular formula is C23H25ClFN3OS. The fourth-order valence-electron chi connectivity index (χ4n) is 4.80. The molecule has 0 N–H and O–H groups in total. The van der Waals surface area contributed by atoms with Crippen molar-refractivity contribution >= 4 is 22.9 Å². The molecule has 4 heterocycles. The molecule has 7 heteroatoms. The number of hydrogen-bond donors (Lipinski definition) is 0. The first-order valence-corrected chi connectivity index (χ1v) is 11.6. The average molecular weight is 446 g/mol. The number of aromatic nitrogens is 2. The van der Waals surface area contributed by atoms with Gasteiger partial charge in [-0.15, -0.1) is 11.3 Å².